The van der Waals surface area contributed by atoms with Gasteiger partial charge in [-0.3, -0.25) is 5.41 Å². The predicted molar refractivity (Wildman–Crippen MR) is 87.0 cm³/mol. The number of fused-ring (bicyclic) bond motifs is 2. The molecule has 0 saturated carbocycles. The monoisotopic (exact) mass is 276 g/mol. The summed E-state index contributed by atoms with van der Waals surface area (Å²) < 4.78 is 0. The molecule has 2 aromatic carbocycles. The van der Waals surface area contributed by atoms with E-state index in [2.05, 4.69) is 17.0 Å². The summed E-state index contributed by atoms with van der Waals surface area (Å²) in [7, 11) is 1.97. The van der Waals surface area contributed by atoms with Crippen LogP contribution in [0.5, 0.6) is 0 Å². The second-order valence-corrected chi connectivity index (χ2v) is 5.39. The summed E-state index contributed by atoms with van der Waals surface area (Å²) in [5.41, 5.74) is 3.06. The van der Waals surface area contributed by atoms with Gasteiger partial charge in [0, 0.05) is 30.9 Å². The molecule has 1 fully saturated rings. The minimum Gasteiger partial charge on any atom is -0.344 e. The Morgan fingerprint density at radius 1 is 0.905 bits per heavy atom. The van der Waals surface area contributed by atoms with Crippen LogP contribution in [-0.4, -0.2) is 36.0 Å². The molecule has 0 unspecified atom stereocenters. The molecular weight excluding hydrogens is 260 g/mol. The van der Waals surface area contributed by atoms with Gasteiger partial charge in [-0.15, -0.1) is 0 Å². The summed E-state index contributed by atoms with van der Waals surface area (Å²) in [6.45, 7) is 1.72. The number of pyridine rings is 1. The van der Waals surface area contributed by atoms with Crippen molar-refractivity contribution in [1.82, 2.24) is 9.88 Å². The first-order valence-electron chi connectivity index (χ1n) is 7.10. The fourth-order valence-electron chi connectivity index (χ4n) is 2.99. The lowest BCUT2D eigenvalue weighted by Gasteiger charge is -2.22. The Morgan fingerprint density at radius 3 is 2.00 bits per heavy atom. The number of nitrogens with zero attached hydrogens (tertiary/aromatic N) is 3. The largest absolute Gasteiger partial charge is 0.344 e. The van der Waals surface area contributed by atoms with E-state index >= 15 is 0 Å². The highest BCUT2D eigenvalue weighted by Crippen LogP contribution is 2.35. The van der Waals surface area contributed by atoms with E-state index in [9.17, 15) is 0 Å². The van der Waals surface area contributed by atoms with Crippen molar-refractivity contribution in [1.29, 1.82) is 5.41 Å². The van der Waals surface area contributed by atoms with Crippen molar-refractivity contribution in [3.8, 4) is 0 Å². The van der Waals surface area contributed by atoms with Crippen molar-refractivity contribution in [2.45, 2.75) is 0 Å². The molecule has 1 saturated heterocycles. The number of aromatic nitrogens is 1. The molecule has 3 aromatic rings. The summed E-state index contributed by atoms with van der Waals surface area (Å²) in [5.74, 6) is 0.552. The Balaban J connectivity index is 2.10. The van der Waals surface area contributed by atoms with Crippen LogP contribution < -0.4 is 4.90 Å². The lowest BCUT2D eigenvalue weighted by atomic mass is 10.1. The number of benzene rings is 2. The van der Waals surface area contributed by atoms with Crippen molar-refractivity contribution in [2.24, 2.45) is 0 Å². The minimum atomic E-state index is 0.552. The third kappa shape index (κ3) is 1.76. The van der Waals surface area contributed by atoms with Gasteiger partial charge in [0.1, 0.15) is 0 Å². The summed E-state index contributed by atoms with van der Waals surface area (Å²) >= 11 is 0. The Bertz CT molecular complexity index is 802. The van der Waals surface area contributed by atoms with Crippen LogP contribution in [0, 0.1) is 5.41 Å². The van der Waals surface area contributed by atoms with Gasteiger partial charge in [-0.2, -0.15) is 0 Å². The molecule has 1 aliphatic heterocycles. The molecule has 4 nitrogen and oxygen atoms in total. The van der Waals surface area contributed by atoms with Gasteiger partial charge in [0.15, 0.2) is 5.96 Å². The normalized spacial score (nSPS) is 15.4. The maximum atomic E-state index is 8.33. The number of anilines is 1. The van der Waals surface area contributed by atoms with Crippen molar-refractivity contribution < 1.29 is 0 Å². The van der Waals surface area contributed by atoms with E-state index in [-0.39, 0.29) is 0 Å². The van der Waals surface area contributed by atoms with E-state index in [1.54, 1.807) is 0 Å². The summed E-state index contributed by atoms with van der Waals surface area (Å²) in [5, 5.41) is 10.5. The van der Waals surface area contributed by atoms with Crippen LogP contribution in [0.1, 0.15) is 0 Å². The molecule has 1 aliphatic rings. The van der Waals surface area contributed by atoms with Gasteiger partial charge < -0.3 is 9.80 Å². The molecule has 0 radical (unpaired) electrons. The van der Waals surface area contributed by atoms with Crippen molar-refractivity contribution in [3.63, 3.8) is 0 Å². The Morgan fingerprint density at radius 2 is 1.48 bits per heavy atom. The quantitative estimate of drug-likeness (QED) is 0.695. The van der Waals surface area contributed by atoms with E-state index in [1.807, 2.05) is 48.3 Å². The predicted octanol–water partition coefficient (Wildman–Crippen LogP) is 3.07. The van der Waals surface area contributed by atoms with Gasteiger partial charge >= 0.3 is 0 Å². The number of rotatable bonds is 1. The van der Waals surface area contributed by atoms with Gasteiger partial charge in [0.05, 0.1) is 16.7 Å². The number of hydrogen-bond donors (Lipinski definition) is 1. The molecule has 0 amide bonds. The minimum absolute atomic E-state index is 0.552. The average molecular weight is 276 g/mol. The number of guanidine groups is 1. The molecule has 21 heavy (non-hydrogen) atoms. The molecule has 1 aromatic heterocycles. The van der Waals surface area contributed by atoms with Crippen LogP contribution in [0.4, 0.5) is 5.69 Å². The summed E-state index contributed by atoms with van der Waals surface area (Å²) in [6, 6.07) is 16.3. The fourth-order valence-corrected chi connectivity index (χ4v) is 2.99. The molecule has 4 rings (SSSR count). The second kappa shape index (κ2) is 4.45. The molecule has 0 aliphatic carbocycles. The Labute approximate surface area is 123 Å². The van der Waals surface area contributed by atoms with Crippen LogP contribution in [0.25, 0.3) is 21.8 Å². The number of nitrogens with one attached hydrogen (secondary N) is 1. The van der Waals surface area contributed by atoms with Gasteiger partial charge in [-0.25, -0.2) is 4.98 Å². The summed E-state index contributed by atoms with van der Waals surface area (Å²) in [6.07, 6.45) is 0. The molecule has 0 spiro atoms. The smallest absolute Gasteiger partial charge is 0.198 e. The average Bonchev–Trinajstić information content (AvgIpc) is 2.84. The second-order valence-electron chi connectivity index (χ2n) is 5.39. The maximum Gasteiger partial charge on any atom is 0.198 e. The van der Waals surface area contributed by atoms with Crippen LogP contribution in [-0.2, 0) is 0 Å². The zero-order chi connectivity index (χ0) is 14.4. The molecule has 4 heteroatoms. The lowest BCUT2D eigenvalue weighted by Crippen LogP contribution is -2.30. The third-order valence-electron chi connectivity index (χ3n) is 4.11. The SMILES string of the molecule is CN1CCN(c2c3ccccc3nc3ccccc23)C1=N. The van der Waals surface area contributed by atoms with E-state index in [0.29, 0.717) is 5.96 Å². The van der Waals surface area contributed by atoms with E-state index < -0.39 is 0 Å². The van der Waals surface area contributed by atoms with Crippen LogP contribution in [0.2, 0.25) is 0 Å². The molecule has 0 bridgehead atoms. The third-order valence-corrected chi connectivity index (χ3v) is 4.11. The van der Waals surface area contributed by atoms with Crippen molar-refractivity contribution in [2.75, 3.05) is 25.0 Å². The molecular formula is C17H16N4. The highest BCUT2D eigenvalue weighted by Gasteiger charge is 2.26. The topological polar surface area (TPSA) is 43.2 Å². The van der Waals surface area contributed by atoms with Gasteiger partial charge in [-0.1, -0.05) is 36.4 Å². The van der Waals surface area contributed by atoms with Gasteiger partial charge in [0.25, 0.3) is 0 Å². The van der Waals surface area contributed by atoms with E-state index in [1.165, 1.54) is 0 Å². The Hall–Kier alpha value is -2.62. The van der Waals surface area contributed by atoms with Gasteiger partial charge in [0.2, 0.25) is 0 Å². The molecule has 104 valence electrons. The van der Waals surface area contributed by atoms with E-state index in [4.69, 9.17) is 10.4 Å². The number of hydrogen-bond acceptors (Lipinski definition) is 2. The highest BCUT2D eigenvalue weighted by atomic mass is 15.4. The first kappa shape index (κ1) is 12.1. The standard InChI is InChI=1S/C17H16N4/c1-20-10-11-21(17(20)18)16-12-6-2-4-8-14(12)19-15-9-5-3-7-13(15)16/h2-9,18H,10-11H2,1H3. The zero-order valence-electron chi connectivity index (χ0n) is 11.9. The van der Waals surface area contributed by atoms with Gasteiger partial charge in [-0.05, 0) is 12.1 Å². The van der Waals surface area contributed by atoms with Crippen LogP contribution >= 0.6 is 0 Å². The highest BCUT2D eigenvalue weighted by molar-refractivity contribution is 6.14. The molecule has 1 N–H and O–H groups in total. The number of para-hydroxylation sites is 2. The van der Waals surface area contributed by atoms with Crippen LogP contribution in [0.15, 0.2) is 48.5 Å². The summed E-state index contributed by atoms with van der Waals surface area (Å²) in [4.78, 5) is 8.81. The molecule has 0 atom stereocenters. The number of likely N-dealkylation sites (N-methyl/N-ethyl adjacent to an activating group) is 1. The first-order chi connectivity index (χ1) is 10.3. The maximum absolute atomic E-state index is 8.33. The van der Waals surface area contributed by atoms with Crippen molar-refractivity contribution >= 4 is 33.5 Å². The van der Waals surface area contributed by atoms with E-state index in [0.717, 1.165) is 40.6 Å². The van der Waals surface area contributed by atoms with Crippen molar-refractivity contribution in [3.05, 3.63) is 48.5 Å². The first-order valence-corrected chi connectivity index (χ1v) is 7.10. The Kier molecular flexibility index (Phi) is 2.57. The fraction of sp³-hybridized carbons (Fsp3) is 0.176. The molecule has 2 heterocycles. The zero-order valence-corrected chi connectivity index (χ0v) is 11.9. The lowest BCUT2D eigenvalue weighted by molar-refractivity contribution is 0.560. The van der Waals surface area contributed by atoms with Crippen LogP contribution in [0.3, 0.4) is 0 Å².